The molecule has 1 aliphatic rings. The molecule has 0 atom stereocenters. The van der Waals surface area contributed by atoms with Crippen LogP contribution in [-0.2, 0) is 17.6 Å². The fourth-order valence-corrected chi connectivity index (χ4v) is 4.56. The zero-order chi connectivity index (χ0) is 24.8. The second kappa shape index (κ2) is 11.4. The van der Waals surface area contributed by atoms with Gasteiger partial charge in [0.15, 0.2) is 0 Å². The minimum atomic E-state index is -0.787. The number of hydrogen-bond donors (Lipinski definition) is 1. The maximum atomic E-state index is 10.8. The van der Waals surface area contributed by atoms with E-state index >= 15 is 0 Å². The lowest BCUT2D eigenvalue weighted by atomic mass is 10.0. The van der Waals surface area contributed by atoms with Gasteiger partial charge in [0.1, 0.15) is 17.3 Å². The van der Waals surface area contributed by atoms with Crippen molar-refractivity contribution in [3.63, 3.8) is 0 Å². The van der Waals surface area contributed by atoms with Crippen LogP contribution in [0.5, 0.6) is 11.5 Å². The van der Waals surface area contributed by atoms with Gasteiger partial charge in [0.2, 0.25) is 5.89 Å². The second-order valence-corrected chi connectivity index (χ2v) is 9.61. The molecule has 2 aromatic carbocycles. The molecule has 1 aliphatic carbocycles. The topological polar surface area (TPSA) is 81.8 Å². The molecule has 1 aromatic heterocycles. The SMILES string of the molecule is Cc1cc(OCCc2oc(-c3cccc(OC4CCCC4)c3)nc2C(C)C)ccc1CCC(=O)O. The molecule has 186 valence electrons. The second-order valence-electron chi connectivity index (χ2n) is 9.61. The van der Waals surface area contributed by atoms with Gasteiger partial charge in [-0.1, -0.05) is 26.0 Å². The quantitative estimate of drug-likeness (QED) is 0.330. The lowest BCUT2D eigenvalue weighted by Gasteiger charge is -2.13. The van der Waals surface area contributed by atoms with Gasteiger partial charge < -0.3 is 19.0 Å². The van der Waals surface area contributed by atoms with Crippen molar-refractivity contribution in [3.05, 3.63) is 65.0 Å². The van der Waals surface area contributed by atoms with E-state index in [9.17, 15) is 4.79 Å². The van der Waals surface area contributed by atoms with Crippen LogP contribution in [0.4, 0.5) is 0 Å². The summed E-state index contributed by atoms with van der Waals surface area (Å²) < 4.78 is 18.4. The average molecular weight is 478 g/mol. The van der Waals surface area contributed by atoms with Crippen molar-refractivity contribution in [2.45, 2.75) is 77.7 Å². The summed E-state index contributed by atoms with van der Waals surface area (Å²) >= 11 is 0. The highest BCUT2D eigenvalue weighted by molar-refractivity contribution is 5.67. The summed E-state index contributed by atoms with van der Waals surface area (Å²) in [5.74, 6) is 2.53. The highest BCUT2D eigenvalue weighted by atomic mass is 16.5. The zero-order valence-electron chi connectivity index (χ0n) is 20.9. The largest absolute Gasteiger partial charge is 0.493 e. The third-order valence-electron chi connectivity index (χ3n) is 6.48. The van der Waals surface area contributed by atoms with Crippen molar-refractivity contribution in [2.75, 3.05) is 6.61 Å². The van der Waals surface area contributed by atoms with Crippen LogP contribution >= 0.6 is 0 Å². The molecule has 0 aliphatic heterocycles. The minimum absolute atomic E-state index is 0.127. The van der Waals surface area contributed by atoms with Gasteiger partial charge in [-0.25, -0.2) is 4.98 Å². The first-order chi connectivity index (χ1) is 16.9. The number of carboxylic acid groups (broad SMARTS) is 1. The van der Waals surface area contributed by atoms with Crippen molar-refractivity contribution < 1.29 is 23.8 Å². The first-order valence-corrected chi connectivity index (χ1v) is 12.6. The Morgan fingerprint density at radius 1 is 1.11 bits per heavy atom. The van der Waals surface area contributed by atoms with E-state index in [1.165, 1.54) is 12.8 Å². The Bertz CT molecular complexity index is 1140. The Labute approximate surface area is 207 Å². The molecular weight excluding hydrogens is 442 g/mol. The third-order valence-corrected chi connectivity index (χ3v) is 6.48. The number of benzene rings is 2. The molecule has 1 saturated carbocycles. The van der Waals surface area contributed by atoms with Gasteiger partial charge in [0.25, 0.3) is 0 Å². The van der Waals surface area contributed by atoms with Gasteiger partial charge in [-0.2, -0.15) is 0 Å². The van der Waals surface area contributed by atoms with Crippen LogP contribution in [-0.4, -0.2) is 28.8 Å². The van der Waals surface area contributed by atoms with Crippen LogP contribution in [0.15, 0.2) is 46.9 Å². The summed E-state index contributed by atoms with van der Waals surface area (Å²) in [4.78, 5) is 15.6. The Morgan fingerprint density at radius 2 is 1.91 bits per heavy atom. The number of nitrogens with zero attached hydrogens (tertiary/aromatic N) is 1. The predicted molar refractivity (Wildman–Crippen MR) is 135 cm³/mol. The number of carbonyl (C=O) groups is 1. The molecule has 0 spiro atoms. The molecule has 0 saturated heterocycles. The number of aromatic nitrogens is 1. The highest BCUT2D eigenvalue weighted by Gasteiger charge is 2.19. The van der Waals surface area contributed by atoms with Crippen LogP contribution in [0.2, 0.25) is 0 Å². The van der Waals surface area contributed by atoms with E-state index in [0.29, 0.717) is 31.4 Å². The van der Waals surface area contributed by atoms with Crippen molar-refractivity contribution >= 4 is 5.97 Å². The number of ether oxygens (including phenoxy) is 2. The molecule has 1 fully saturated rings. The maximum absolute atomic E-state index is 10.8. The molecule has 6 heteroatoms. The van der Waals surface area contributed by atoms with Gasteiger partial charge in [-0.3, -0.25) is 4.79 Å². The molecule has 0 amide bonds. The highest BCUT2D eigenvalue weighted by Crippen LogP contribution is 2.31. The number of rotatable bonds is 11. The molecule has 35 heavy (non-hydrogen) atoms. The normalized spacial score (nSPS) is 13.9. The first-order valence-electron chi connectivity index (χ1n) is 12.6. The smallest absolute Gasteiger partial charge is 0.303 e. The molecule has 3 aromatic rings. The van der Waals surface area contributed by atoms with Crippen molar-refractivity contribution in [1.82, 2.24) is 4.98 Å². The molecule has 0 bridgehead atoms. The molecule has 6 nitrogen and oxygen atoms in total. The van der Waals surface area contributed by atoms with E-state index in [-0.39, 0.29) is 12.3 Å². The Hall–Kier alpha value is -3.28. The third kappa shape index (κ3) is 6.65. The Kier molecular flexibility index (Phi) is 8.11. The van der Waals surface area contributed by atoms with Crippen LogP contribution < -0.4 is 9.47 Å². The predicted octanol–water partition coefficient (Wildman–Crippen LogP) is 6.73. The summed E-state index contributed by atoms with van der Waals surface area (Å²) in [6.45, 7) is 6.68. The lowest BCUT2D eigenvalue weighted by Crippen LogP contribution is -2.10. The molecule has 4 rings (SSSR count). The summed E-state index contributed by atoms with van der Waals surface area (Å²) in [5, 5.41) is 8.91. The van der Waals surface area contributed by atoms with Crippen molar-refractivity contribution in [1.29, 1.82) is 0 Å². The molecule has 0 unspecified atom stereocenters. The molecular formula is C29H35NO5. The van der Waals surface area contributed by atoms with Gasteiger partial charge >= 0.3 is 5.97 Å². The van der Waals surface area contributed by atoms with E-state index < -0.39 is 5.97 Å². The van der Waals surface area contributed by atoms with Crippen LogP contribution in [0, 0.1) is 6.92 Å². The maximum Gasteiger partial charge on any atom is 0.303 e. The van der Waals surface area contributed by atoms with E-state index in [1.807, 2.05) is 49.4 Å². The molecule has 0 radical (unpaired) electrons. The molecule has 1 N–H and O–H groups in total. The number of oxazole rings is 1. The monoisotopic (exact) mass is 477 g/mol. The Balaban J connectivity index is 1.41. The summed E-state index contributed by atoms with van der Waals surface area (Å²) in [7, 11) is 0. The average Bonchev–Trinajstić information content (AvgIpc) is 3.49. The van der Waals surface area contributed by atoms with Gasteiger partial charge in [-0.05, 0) is 86.4 Å². The van der Waals surface area contributed by atoms with Crippen LogP contribution in [0.1, 0.15) is 74.5 Å². The van der Waals surface area contributed by atoms with Gasteiger partial charge in [-0.15, -0.1) is 0 Å². The standard InChI is InChI=1S/C29H35NO5/c1-19(2)28-26(15-16-33-24-13-11-21(20(3)17-24)12-14-27(31)32)35-29(30-28)22-7-6-10-25(18-22)34-23-8-4-5-9-23/h6-7,10-11,13,17-19,23H,4-5,8-9,12,14-16H2,1-3H3,(H,31,32). The summed E-state index contributed by atoms with van der Waals surface area (Å²) in [6.07, 6.45) is 6.28. The fourth-order valence-electron chi connectivity index (χ4n) is 4.56. The van der Waals surface area contributed by atoms with E-state index in [1.54, 1.807) is 0 Å². The van der Waals surface area contributed by atoms with Crippen molar-refractivity contribution in [3.8, 4) is 23.0 Å². The zero-order valence-corrected chi connectivity index (χ0v) is 20.9. The number of carboxylic acids is 1. The lowest BCUT2D eigenvalue weighted by molar-refractivity contribution is -0.136. The van der Waals surface area contributed by atoms with E-state index in [4.69, 9.17) is 24.0 Å². The van der Waals surface area contributed by atoms with E-state index in [2.05, 4.69) is 13.8 Å². The van der Waals surface area contributed by atoms with Gasteiger partial charge in [0.05, 0.1) is 18.4 Å². The Morgan fingerprint density at radius 3 is 2.63 bits per heavy atom. The van der Waals surface area contributed by atoms with Gasteiger partial charge in [0, 0.05) is 18.4 Å². The van der Waals surface area contributed by atoms with Crippen LogP contribution in [0.25, 0.3) is 11.5 Å². The van der Waals surface area contributed by atoms with Crippen molar-refractivity contribution in [2.24, 2.45) is 0 Å². The number of aliphatic carboxylic acids is 1. The first kappa shape index (κ1) is 24.8. The number of aryl methyl sites for hydroxylation is 2. The fraction of sp³-hybridized carbons (Fsp3) is 0.448. The number of hydrogen-bond acceptors (Lipinski definition) is 5. The van der Waals surface area contributed by atoms with Crippen LogP contribution in [0.3, 0.4) is 0 Å². The minimum Gasteiger partial charge on any atom is -0.493 e. The molecule has 1 heterocycles. The summed E-state index contributed by atoms with van der Waals surface area (Å²) in [6, 6.07) is 13.8. The van der Waals surface area contributed by atoms with E-state index in [0.717, 1.165) is 52.5 Å². The summed E-state index contributed by atoms with van der Waals surface area (Å²) in [5.41, 5.74) is 3.93.